The van der Waals surface area contributed by atoms with Gasteiger partial charge in [0.05, 0.1) is 23.3 Å². The van der Waals surface area contributed by atoms with Crippen LogP contribution in [0.5, 0.6) is 0 Å². The summed E-state index contributed by atoms with van der Waals surface area (Å²) in [4.78, 5) is 4.98. The Balaban J connectivity index is 1.70. The van der Waals surface area contributed by atoms with Gasteiger partial charge in [0.1, 0.15) is 0 Å². The molecule has 1 aliphatic heterocycles. The molecule has 0 N–H and O–H groups in total. The van der Waals surface area contributed by atoms with Gasteiger partial charge in [-0.2, -0.15) is 0 Å². The molecule has 0 aliphatic carbocycles. The molecule has 0 radical (unpaired) electrons. The minimum atomic E-state index is 0.824. The lowest BCUT2D eigenvalue weighted by Crippen LogP contribution is -2.15. The quantitative estimate of drug-likeness (QED) is 0.383. The molecule has 1 aliphatic rings. The van der Waals surface area contributed by atoms with Crippen LogP contribution in [0.25, 0.3) is 45.2 Å². The van der Waals surface area contributed by atoms with Crippen molar-refractivity contribution in [2.75, 3.05) is 0 Å². The number of allylic oxidation sites excluding steroid dienone is 1. The molecule has 3 heterocycles. The number of imidazole rings is 1. The molecule has 3 heteroatoms. The predicted molar refractivity (Wildman–Crippen MR) is 111 cm³/mol. The lowest BCUT2D eigenvalue weighted by molar-refractivity contribution is 0.806. The zero-order valence-corrected chi connectivity index (χ0v) is 14.7. The summed E-state index contributed by atoms with van der Waals surface area (Å²) in [6, 6.07) is 29.7. The molecule has 0 bridgehead atoms. The molecular formula is C24H17N3. The first-order valence-electron chi connectivity index (χ1n) is 9.21. The van der Waals surface area contributed by atoms with Crippen molar-refractivity contribution in [3.63, 3.8) is 0 Å². The van der Waals surface area contributed by atoms with E-state index >= 15 is 0 Å². The van der Waals surface area contributed by atoms with Crippen molar-refractivity contribution in [1.82, 2.24) is 14.1 Å². The number of hydrogen-bond acceptors (Lipinski definition) is 1. The molecule has 3 aromatic carbocycles. The Bertz CT molecular complexity index is 1340. The van der Waals surface area contributed by atoms with Crippen molar-refractivity contribution in [3.05, 3.63) is 90.5 Å². The van der Waals surface area contributed by atoms with Gasteiger partial charge in [0.15, 0.2) is 5.82 Å². The van der Waals surface area contributed by atoms with Crippen LogP contribution in [0, 0.1) is 0 Å². The summed E-state index contributed by atoms with van der Waals surface area (Å²) < 4.78 is 4.70. The molecule has 6 rings (SSSR count). The number of benzene rings is 3. The molecule has 128 valence electrons. The molecule has 0 saturated heterocycles. The van der Waals surface area contributed by atoms with Crippen LogP contribution in [-0.4, -0.2) is 14.1 Å². The second-order valence-corrected chi connectivity index (χ2v) is 6.98. The number of para-hydroxylation sites is 3. The van der Waals surface area contributed by atoms with Gasteiger partial charge in [-0.15, -0.1) is 0 Å². The van der Waals surface area contributed by atoms with E-state index in [0.29, 0.717) is 0 Å². The van der Waals surface area contributed by atoms with E-state index in [4.69, 9.17) is 4.98 Å². The van der Waals surface area contributed by atoms with Gasteiger partial charge in [-0.05, 0) is 35.9 Å². The summed E-state index contributed by atoms with van der Waals surface area (Å²) in [6.07, 6.45) is 2.27. The minimum absolute atomic E-state index is 0.824. The van der Waals surface area contributed by atoms with E-state index < -0.39 is 0 Å². The first-order valence-corrected chi connectivity index (χ1v) is 9.21. The molecule has 0 unspecified atom stereocenters. The van der Waals surface area contributed by atoms with E-state index in [2.05, 4.69) is 100 Å². The molecule has 0 amide bonds. The molecule has 0 spiro atoms. The summed E-state index contributed by atoms with van der Waals surface area (Å²) in [5.41, 5.74) is 7.06. The van der Waals surface area contributed by atoms with Gasteiger partial charge < -0.3 is 4.57 Å². The highest BCUT2D eigenvalue weighted by atomic mass is 15.2. The second-order valence-electron chi connectivity index (χ2n) is 6.98. The first-order chi connectivity index (χ1) is 13.4. The summed E-state index contributed by atoms with van der Waals surface area (Å²) >= 11 is 0. The summed E-state index contributed by atoms with van der Waals surface area (Å²) in [5.74, 6) is 1.01. The number of rotatable bonds is 1. The van der Waals surface area contributed by atoms with Gasteiger partial charge in [-0.25, -0.2) is 4.98 Å². The van der Waals surface area contributed by atoms with Crippen molar-refractivity contribution >= 4 is 33.7 Å². The number of aromatic nitrogens is 3. The Hall–Kier alpha value is -3.59. The fourth-order valence-corrected chi connectivity index (χ4v) is 4.14. The Morgan fingerprint density at radius 3 is 2.41 bits per heavy atom. The van der Waals surface area contributed by atoms with Crippen LogP contribution in [0.4, 0.5) is 0 Å². The highest BCUT2D eigenvalue weighted by Crippen LogP contribution is 2.38. The fraction of sp³-hybridized carbons (Fsp3) is 0.0417. The largest absolute Gasteiger partial charge is 0.332 e. The van der Waals surface area contributed by atoms with E-state index in [1.54, 1.807) is 0 Å². The second kappa shape index (κ2) is 5.45. The maximum atomic E-state index is 4.98. The topological polar surface area (TPSA) is 22.8 Å². The molecule has 0 saturated carbocycles. The Morgan fingerprint density at radius 1 is 0.778 bits per heavy atom. The molecule has 3 nitrogen and oxygen atoms in total. The van der Waals surface area contributed by atoms with Crippen LogP contribution >= 0.6 is 0 Å². The van der Waals surface area contributed by atoms with Crippen molar-refractivity contribution < 1.29 is 0 Å². The minimum Gasteiger partial charge on any atom is -0.332 e. The third-order valence-corrected chi connectivity index (χ3v) is 5.34. The van der Waals surface area contributed by atoms with Crippen LogP contribution in [0.1, 0.15) is 5.56 Å². The smallest absolute Gasteiger partial charge is 0.162 e. The van der Waals surface area contributed by atoms with Crippen molar-refractivity contribution in [2.45, 2.75) is 6.54 Å². The molecule has 27 heavy (non-hydrogen) atoms. The van der Waals surface area contributed by atoms with E-state index in [1.165, 1.54) is 27.9 Å². The zero-order chi connectivity index (χ0) is 17.8. The lowest BCUT2D eigenvalue weighted by Gasteiger charge is -2.22. The highest BCUT2D eigenvalue weighted by Gasteiger charge is 2.25. The Kier molecular flexibility index (Phi) is 2.94. The van der Waals surface area contributed by atoms with Gasteiger partial charge in [-0.3, -0.25) is 4.57 Å². The molecule has 0 fully saturated rings. The van der Waals surface area contributed by atoms with Gasteiger partial charge in [0.25, 0.3) is 0 Å². The maximum Gasteiger partial charge on any atom is 0.162 e. The van der Waals surface area contributed by atoms with E-state index in [9.17, 15) is 0 Å². The average molecular weight is 347 g/mol. The SMILES string of the molecule is C(=C1/Cn2c(cc3ccccc32)-c2nc3ccccc3n21)/c1ccccc1. The molecule has 0 atom stereocenters. The van der Waals surface area contributed by atoms with Gasteiger partial charge in [-0.1, -0.05) is 60.7 Å². The van der Waals surface area contributed by atoms with Crippen LogP contribution in [0.2, 0.25) is 0 Å². The van der Waals surface area contributed by atoms with Crippen molar-refractivity contribution in [2.24, 2.45) is 0 Å². The lowest BCUT2D eigenvalue weighted by atomic mass is 10.1. The van der Waals surface area contributed by atoms with Crippen molar-refractivity contribution in [3.8, 4) is 11.5 Å². The summed E-state index contributed by atoms with van der Waals surface area (Å²) in [7, 11) is 0. The maximum absolute atomic E-state index is 4.98. The monoisotopic (exact) mass is 347 g/mol. The van der Waals surface area contributed by atoms with Gasteiger partial charge >= 0.3 is 0 Å². The third-order valence-electron chi connectivity index (χ3n) is 5.34. The van der Waals surface area contributed by atoms with Crippen molar-refractivity contribution in [1.29, 1.82) is 0 Å². The molecular weight excluding hydrogens is 330 g/mol. The Morgan fingerprint density at radius 2 is 1.52 bits per heavy atom. The molecule has 2 aromatic heterocycles. The van der Waals surface area contributed by atoms with Crippen LogP contribution in [0.15, 0.2) is 84.9 Å². The zero-order valence-electron chi connectivity index (χ0n) is 14.7. The number of nitrogens with zero attached hydrogens (tertiary/aromatic N) is 3. The Labute approximate surface area is 156 Å². The standard InChI is InChI=1S/C24H17N3/c1-2-8-17(9-3-1)14-19-16-26-21-12-6-4-10-18(21)15-23(26)24-25-20-11-5-7-13-22(20)27(19)24/h1-15H,16H2/b19-14+. The van der Waals surface area contributed by atoms with Gasteiger partial charge in [0.2, 0.25) is 0 Å². The van der Waals surface area contributed by atoms with E-state index in [-0.39, 0.29) is 0 Å². The molecule has 5 aromatic rings. The van der Waals surface area contributed by atoms with Gasteiger partial charge in [0, 0.05) is 16.6 Å². The first kappa shape index (κ1) is 14.6. The van der Waals surface area contributed by atoms with Crippen LogP contribution in [0.3, 0.4) is 0 Å². The summed E-state index contributed by atoms with van der Waals surface area (Å²) in [5, 5.41) is 1.26. The summed E-state index contributed by atoms with van der Waals surface area (Å²) in [6.45, 7) is 0.824. The number of hydrogen-bond donors (Lipinski definition) is 0. The van der Waals surface area contributed by atoms with E-state index in [1.807, 2.05) is 0 Å². The van der Waals surface area contributed by atoms with Crippen LogP contribution in [-0.2, 0) is 6.54 Å². The normalized spacial score (nSPS) is 14.6. The third kappa shape index (κ3) is 2.12. The fourth-order valence-electron chi connectivity index (χ4n) is 4.14. The predicted octanol–water partition coefficient (Wildman–Crippen LogP) is 5.67. The highest BCUT2D eigenvalue weighted by molar-refractivity contribution is 5.94. The average Bonchev–Trinajstić information content (AvgIpc) is 3.28. The van der Waals surface area contributed by atoms with E-state index in [0.717, 1.165) is 23.4 Å². The number of fused-ring (bicyclic) bond motifs is 7. The van der Waals surface area contributed by atoms with Crippen LogP contribution < -0.4 is 0 Å².